The molecule has 0 aromatic heterocycles. The smallest absolute Gasteiger partial charge is 0.258 e. The van der Waals surface area contributed by atoms with Crippen molar-refractivity contribution < 1.29 is 4.92 Å². The van der Waals surface area contributed by atoms with Gasteiger partial charge in [0.1, 0.15) is 0 Å². The van der Waals surface area contributed by atoms with E-state index in [1.54, 1.807) is 0 Å². The van der Waals surface area contributed by atoms with Gasteiger partial charge in [-0.15, -0.1) is 0 Å². The minimum absolute atomic E-state index is 0.0462. The SMILES string of the molecule is N#CCC#Cc1cc(C#N)cc([N+](=O)[O-])c1. The largest absolute Gasteiger partial charge is 0.271 e. The summed E-state index contributed by atoms with van der Waals surface area (Å²) in [5.74, 6) is 5.11. The lowest BCUT2D eigenvalue weighted by Gasteiger charge is -1.94. The van der Waals surface area contributed by atoms with Gasteiger partial charge >= 0.3 is 0 Å². The number of non-ortho nitro benzene ring substituents is 1. The van der Waals surface area contributed by atoms with Crippen LogP contribution in [0.15, 0.2) is 18.2 Å². The molecule has 1 rings (SSSR count). The Morgan fingerprint density at radius 3 is 2.50 bits per heavy atom. The van der Waals surface area contributed by atoms with Gasteiger partial charge in [-0.2, -0.15) is 10.5 Å². The van der Waals surface area contributed by atoms with E-state index < -0.39 is 4.92 Å². The highest BCUT2D eigenvalue weighted by Gasteiger charge is 2.08. The van der Waals surface area contributed by atoms with Gasteiger partial charge in [-0.1, -0.05) is 11.8 Å². The zero-order valence-corrected chi connectivity index (χ0v) is 8.10. The lowest BCUT2D eigenvalue weighted by molar-refractivity contribution is -0.384. The monoisotopic (exact) mass is 211 g/mol. The van der Waals surface area contributed by atoms with Gasteiger partial charge in [0, 0.05) is 17.7 Å². The summed E-state index contributed by atoms with van der Waals surface area (Å²) in [6, 6.07) is 7.53. The van der Waals surface area contributed by atoms with Crippen molar-refractivity contribution >= 4 is 5.69 Å². The Balaban J connectivity index is 3.18. The first-order valence-corrected chi connectivity index (χ1v) is 4.23. The van der Waals surface area contributed by atoms with Gasteiger partial charge in [0.25, 0.3) is 5.69 Å². The van der Waals surface area contributed by atoms with Crippen molar-refractivity contribution in [3.63, 3.8) is 0 Å². The fourth-order valence-electron chi connectivity index (χ4n) is 1.04. The summed E-state index contributed by atoms with van der Waals surface area (Å²) in [5, 5.41) is 27.5. The average Bonchev–Trinajstić information content (AvgIpc) is 2.29. The first-order chi connectivity index (χ1) is 7.67. The van der Waals surface area contributed by atoms with Crippen molar-refractivity contribution in [2.45, 2.75) is 6.42 Å². The molecule has 1 aromatic carbocycles. The maximum Gasteiger partial charge on any atom is 0.271 e. The quantitative estimate of drug-likeness (QED) is 0.401. The van der Waals surface area contributed by atoms with Crippen LogP contribution in [0.25, 0.3) is 0 Å². The standard InChI is InChI=1S/C11H5N3O2/c12-4-2-1-3-9-5-10(8-13)7-11(6-9)14(15)16/h5-7H,2H2. The highest BCUT2D eigenvalue weighted by atomic mass is 16.6. The molecule has 0 saturated carbocycles. The van der Waals surface area contributed by atoms with Crippen LogP contribution in [0.3, 0.4) is 0 Å². The van der Waals surface area contributed by atoms with E-state index in [1.165, 1.54) is 18.2 Å². The third-order valence-electron chi connectivity index (χ3n) is 1.66. The van der Waals surface area contributed by atoms with Crippen LogP contribution in [0.1, 0.15) is 17.5 Å². The van der Waals surface area contributed by atoms with Crippen molar-refractivity contribution in [1.29, 1.82) is 10.5 Å². The van der Waals surface area contributed by atoms with Gasteiger partial charge in [0.2, 0.25) is 0 Å². The summed E-state index contributed by atoms with van der Waals surface area (Å²) in [5.41, 5.74) is 0.358. The molecule has 0 saturated heterocycles. The van der Waals surface area contributed by atoms with Crippen LogP contribution in [0.2, 0.25) is 0 Å². The Morgan fingerprint density at radius 2 is 1.94 bits per heavy atom. The van der Waals surface area contributed by atoms with Crippen LogP contribution in [0.4, 0.5) is 5.69 Å². The number of rotatable bonds is 1. The molecule has 0 aliphatic rings. The van der Waals surface area contributed by atoms with Crippen LogP contribution in [-0.2, 0) is 0 Å². The van der Waals surface area contributed by atoms with Gasteiger partial charge in [0.15, 0.2) is 0 Å². The fraction of sp³-hybridized carbons (Fsp3) is 0.0909. The molecule has 0 N–H and O–H groups in total. The summed E-state index contributed by atoms with van der Waals surface area (Å²) in [4.78, 5) is 9.96. The van der Waals surface area contributed by atoms with Crippen molar-refractivity contribution in [3.05, 3.63) is 39.4 Å². The minimum Gasteiger partial charge on any atom is -0.258 e. The predicted octanol–water partition coefficient (Wildman–Crippen LogP) is 1.73. The Bertz CT molecular complexity index is 568. The van der Waals surface area contributed by atoms with Crippen molar-refractivity contribution in [2.75, 3.05) is 0 Å². The van der Waals surface area contributed by atoms with Gasteiger partial charge < -0.3 is 0 Å². The molecule has 0 aliphatic carbocycles. The second-order valence-corrected chi connectivity index (χ2v) is 2.77. The molecule has 0 bridgehead atoms. The predicted molar refractivity (Wildman–Crippen MR) is 54.9 cm³/mol. The molecule has 76 valence electrons. The first kappa shape index (κ1) is 11.2. The van der Waals surface area contributed by atoms with Crippen molar-refractivity contribution in [1.82, 2.24) is 0 Å². The number of hydrogen-bond donors (Lipinski definition) is 0. The molecular formula is C11H5N3O2. The molecule has 16 heavy (non-hydrogen) atoms. The van der Waals surface area contributed by atoms with E-state index in [4.69, 9.17) is 10.5 Å². The van der Waals surface area contributed by atoms with Crippen LogP contribution < -0.4 is 0 Å². The Hall–Kier alpha value is -2.84. The van der Waals surface area contributed by atoms with E-state index in [2.05, 4.69) is 11.8 Å². The maximum atomic E-state index is 10.5. The molecule has 0 radical (unpaired) electrons. The molecular weight excluding hydrogens is 206 g/mol. The molecule has 0 heterocycles. The Morgan fingerprint density at radius 1 is 1.25 bits per heavy atom. The summed E-state index contributed by atoms with van der Waals surface area (Å²) in [6.45, 7) is 0. The third kappa shape index (κ3) is 2.83. The molecule has 0 unspecified atom stereocenters. The van der Waals surface area contributed by atoms with E-state index in [9.17, 15) is 10.1 Å². The van der Waals surface area contributed by atoms with E-state index in [0.29, 0.717) is 5.56 Å². The third-order valence-corrected chi connectivity index (χ3v) is 1.66. The highest BCUT2D eigenvalue weighted by Crippen LogP contribution is 2.16. The fourth-order valence-corrected chi connectivity index (χ4v) is 1.04. The normalized spacial score (nSPS) is 8.12. The number of nitriles is 2. The Labute approximate surface area is 91.7 Å². The molecule has 5 nitrogen and oxygen atoms in total. The van der Waals surface area contributed by atoms with Gasteiger partial charge in [-0.3, -0.25) is 10.1 Å². The summed E-state index contributed by atoms with van der Waals surface area (Å²) in [7, 11) is 0. The number of hydrogen-bond acceptors (Lipinski definition) is 4. The van der Waals surface area contributed by atoms with Crippen LogP contribution in [0.5, 0.6) is 0 Å². The number of nitro benzene ring substituents is 1. The van der Waals surface area contributed by atoms with Gasteiger partial charge in [-0.25, -0.2) is 0 Å². The number of nitro groups is 1. The second kappa shape index (κ2) is 5.14. The number of benzene rings is 1. The molecule has 0 fully saturated rings. The first-order valence-electron chi connectivity index (χ1n) is 4.23. The number of nitrogens with zero attached hydrogens (tertiary/aromatic N) is 3. The lowest BCUT2D eigenvalue weighted by Crippen LogP contribution is -1.90. The van der Waals surface area contributed by atoms with Crippen molar-refractivity contribution in [3.8, 4) is 24.0 Å². The zero-order chi connectivity index (χ0) is 12.0. The molecule has 1 aromatic rings. The molecule has 0 spiro atoms. The van der Waals surface area contributed by atoms with E-state index >= 15 is 0 Å². The second-order valence-electron chi connectivity index (χ2n) is 2.77. The average molecular weight is 211 g/mol. The van der Waals surface area contributed by atoms with E-state index in [-0.39, 0.29) is 17.7 Å². The zero-order valence-electron chi connectivity index (χ0n) is 8.10. The maximum absolute atomic E-state index is 10.5. The Kier molecular flexibility index (Phi) is 3.61. The lowest BCUT2D eigenvalue weighted by atomic mass is 10.1. The van der Waals surface area contributed by atoms with Crippen LogP contribution in [-0.4, -0.2) is 4.92 Å². The van der Waals surface area contributed by atoms with Gasteiger partial charge in [-0.05, 0) is 6.07 Å². The van der Waals surface area contributed by atoms with E-state index in [0.717, 1.165) is 0 Å². The summed E-state index contributed by atoms with van der Waals surface area (Å²) in [6.07, 6.45) is 0.0462. The van der Waals surface area contributed by atoms with Crippen molar-refractivity contribution in [2.24, 2.45) is 0 Å². The highest BCUT2D eigenvalue weighted by molar-refractivity contribution is 5.50. The molecule has 5 heteroatoms. The summed E-state index contributed by atoms with van der Waals surface area (Å²) >= 11 is 0. The molecule has 0 aliphatic heterocycles. The molecule has 0 atom stereocenters. The van der Waals surface area contributed by atoms with E-state index in [1.807, 2.05) is 12.1 Å². The van der Waals surface area contributed by atoms with Gasteiger partial charge in [0.05, 0.1) is 29.0 Å². The summed E-state index contributed by atoms with van der Waals surface area (Å²) < 4.78 is 0. The minimum atomic E-state index is -0.587. The molecule has 0 amide bonds. The van der Waals surface area contributed by atoms with Crippen LogP contribution in [0, 0.1) is 44.6 Å². The van der Waals surface area contributed by atoms with Crippen LogP contribution >= 0.6 is 0 Å². The topological polar surface area (TPSA) is 90.7 Å².